The third-order valence-electron chi connectivity index (χ3n) is 5.76. The Bertz CT molecular complexity index is 1240. The normalized spacial score (nSPS) is 11.6. The molecule has 0 fully saturated rings. The number of rotatable bonds is 10. The molecule has 190 valence electrons. The van der Waals surface area contributed by atoms with Crippen molar-refractivity contribution in [3.8, 4) is 0 Å². The number of fused-ring (bicyclic) bond motifs is 1. The number of aryl methyl sites for hydroxylation is 1. The van der Waals surface area contributed by atoms with E-state index < -0.39 is 23.9 Å². The largest absolute Gasteiger partial charge is 0.469 e. The van der Waals surface area contributed by atoms with E-state index in [9.17, 15) is 18.8 Å². The molecule has 8 nitrogen and oxygen atoms in total. The van der Waals surface area contributed by atoms with Gasteiger partial charge in [0.25, 0.3) is 0 Å². The van der Waals surface area contributed by atoms with Crippen molar-refractivity contribution >= 4 is 46.2 Å². The summed E-state index contributed by atoms with van der Waals surface area (Å²) < 4.78 is 23.7. The van der Waals surface area contributed by atoms with Crippen molar-refractivity contribution in [3.05, 3.63) is 71.1 Å². The van der Waals surface area contributed by atoms with Gasteiger partial charge in [-0.2, -0.15) is 0 Å². The van der Waals surface area contributed by atoms with Crippen molar-refractivity contribution in [2.45, 2.75) is 31.7 Å². The first kappa shape index (κ1) is 26.9. The first-order valence-electron chi connectivity index (χ1n) is 11.3. The van der Waals surface area contributed by atoms with Crippen LogP contribution in [0.2, 0.25) is 5.02 Å². The number of anilines is 1. The van der Waals surface area contributed by atoms with Crippen molar-refractivity contribution in [1.29, 1.82) is 0 Å². The summed E-state index contributed by atoms with van der Waals surface area (Å²) in [6.45, 7) is -0.153. The van der Waals surface area contributed by atoms with E-state index in [-0.39, 0.29) is 43.2 Å². The zero-order chi connectivity index (χ0) is 26.1. The molecule has 1 heterocycles. The lowest BCUT2D eigenvalue weighted by Gasteiger charge is -2.28. The Labute approximate surface area is 213 Å². The number of likely N-dealkylation sites (N-methyl/N-ethyl adjacent to an activating group) is 1. The minimum atomic E-state index is -0.742. The molecule has 2 aromatic carbocycles. The Morgan fingerprint density at radius 1 is 1.11 bits per heavy atom. The monoisotopic (exact) mass is 515 g/mol. The van der Waals surface area contributed by atoms with E-state index in [0.29, 0.717) is 11.4 Å². The fraction of sp³-hybridized carbons (Fsp3) is 0.308. The molecule has 0 bridgehead atoms. The van der Waals surface area contributed by atoms with Crippen molar-refractivity contribution in [1.82, 2.24) is 9.88 Å². The minimum absolute atomic E-state index is 0.0162. The number of methoxy groups -OCH3 is 1. The number of ether oxygens (including phenoxy) is 2. The van der Waals surface area contributed by atoms with Crippen LogP contribution in [-0.2, 0) is 25.5 Å². The van der Waals surface area contributed by atoms with E-state index in [0.717, 1.165) is 10.8 Å². The summed E-state index contributed by atoms with van der Waals surface area (Å²) >= 11 is 5.98. The van der Waals surface area contributed by atoms with E-state index in [4.69, 9.17) is 16.3 Å². The first-order valence-corrected chi connectivity index (χ1v) is 11.7. The van der Waals surface area contributed by atoms with Crippen LogP contribution in [0, 0.1) is 5.82 Å². The molecule has 0 aliphatic heterocycles. The Kier molecular flexibility index (Phi) is 9.58. The zero-order valence-electron chi connectivity index (χ0n) is 20.0. The predicted octanol–water partition coefficient (Wildman–Crippen LogP) is 4.99. The molecule has 36 heavy (non-hydrogen) atoms. The van der Waals surface area contributed by atoms with Gasteiger partial charge in [-0.25, -0.2) is 14.2 Å². The summed E-state index contributed by atoms with van der Waals surface area (Å²) in [7, 11) is 2.83. The van der Waals surface area contributed by atoms with Crippen LogP contribution in [0.25, 0.3) is 10.8 Å². The second-order valence-electron chi connectivity index (χ2n) is 8.13. The van der Waals surface area contributed by atoms with Crippen LogP contribution < -0.4 is 5.32 Å². The fourth-order valence-corrected chi connectivity index (χ4v) is 3.82. The third-order valence-corrected chi connectivity index (χ3v) is 6.18. The molecule has 1 aromatic heterocycles. The molecule has 3 aromatic rings. The van der Waals surface area contributed by atoms with Crippen molar-refractivity contribution in [2.24, 2.45) is 0 Å². The van der Waals surface area contributed by atoms with Gasteiger partial charge in [-0.15, -0.1) is 0 Å². The molecule has 0 saturated heterocycles. The average Bonchev–Trinajstić information content (AvgIpc) is 2.88. The number of nitrogens with zero attached hydrogens (tertiary/aromatic N) is 2. The zero-order valence-corrected chi connectivity index (χ0v) is 20.8. The maximum atomic E-state index is 13.7. The van der Waals surface area contributed by atoms with E-state index in [1.165, 1.54) is 24.1 Å². The van der Waals surface area contributed by atoms with Gasteiger partial charge in [-0.3, -0.25) is 14.9 Å². The Morgan fingerprint density at radius 2 is 1.86 bits per heavy atom. The van der Waals surface area contributed by atoms with Gasteiger partial charge in [-0.1, -0.05) is 48.0 Å². The smallest absolute Gasteiger partial charge is 0.412 e. The van der Waals surface area contributed by atoms with E-state index >= 15 is 0 Å². The van der Waals surface area contributed by atoms with Crippen molar-refractivity contribution < 1.29 is 28.2 Å². The lowest BCUT2D eigenvalue weighted by atomic mass is 10.1. The maximum Gasteiger partial charge on any atom is 0.412 e. The van der Waals surface area contributed by atoms with Gasteiger partial charge in [0, 0.05) is 31.5 Å². The molecule has 0 saturated carbocycles. The molecule has 0 aliphatic rings. The number of amides is 2. The first-order chi connectivity index (χ1) is 17.3. The number of aromatic nitrogens is 1. The highest BCUT2D eigenvalue weighted by atomic mass is 35.5. The molecule has 1 N–H and O–H groups in total. The number of carbonyl (C=O) groups excluding carboxylic acids is 3. The van der Waals surface area contributed by atoms with Gasteiger partial charge in [0.15, 0.2) is 0 Å². The molecule has 3 rings (SSSR count). The summed E-state index contributed by atoms with van der Waals surface area (Å²) in [6.07, 6.45) is 1.44. The molecule has 0 radical (unpaired) electrons. The van der Waals surface area contributed by atoms with Crippen LogP contribution in [0.4, 0.5) is 15.0 Å². The van der Waals surface area contributed by atoms with Crippen LogP contribution in [0.1, 0.15) is 24.8 Å². The van der Waals surface area contributed by atoms with Gasteiger partial charge in [0.05, 0.1) is 18.2 Å². The van der Waals surface area contributed by atoms with Gasteiger partial charge in [0.2, 0.25) is 5.91 Å². The van der Waals surface area contributed by atoms with Crippen LogP contribution in [0.15, 0.2) is 54.7 Å². The number of halogens is 2. The summed E-state index contributed by atoms with van der Waals surface area (Å²) in [5, 5.41) is 4.39. The van der Waals surface area contributed by atoms with Gasteiger partial charge in [0.1, 0.15) is 18.2 Å². The van der Waals surface area contributed by atoms with E-state index in [1.807, 2.05) is 24.3 Å². The number of carbonyl (C=O) groups is 3. The van der Waals surface area contributed by atoms with Crippen LogP contribution >= 0.6 is 11.6 Å². The van der Waals surface area contributed by atoms with E-state index in [1.54, 1.807) is 25.4 Å². The number of benzene rings is 2. The Hall–Kier alpha value is -3.72. The highest BCUT2D eigenvalue weighted by molar-refractivity contribution is 6.31. The molecule has 10 heteroatoms. The van der Waals surface area contributed by atoms with Crippen LogP contribution in [0.5, 0.6) is 0 Å². The average molecular weight is 516 g/mol. The second kappa shape index (κ2) is 12.8. The van der Waals surface area contributed by atoms with Crippen molar-refractivity contribution in [3.63, 3.8) is 0 Å². The topological polar surface area (TPSA) is 97.8 Å². The number of pyridine rings is 1. The quantitative estimate of drug-likeness (QED) is 0.382. The van der Waals surface area contributed by atoms with Crippen LogP contribution in [0.3, 0.4) is 0 Å². The predicted molar refractivity (Wildman–Crippen MR) is 134 cm³/mol. The highest BCUT2D eigenvalue weighted by Gasteiger charge is 2.23. The summed E-state index contributed by atoms with van der Waals surface area (Å²) in [6, 6.07) is 13.1. The highest BCUT2D eigenvalue weighted by Crippen LogP contribution is 2.22. The molecule has 2 amide bonds. The molecule has 0 spiro atoms. The summed E-state index contributed by atoms with van der Waals surface area (Å²) in [5.41, 5.74) is 0.517. The second-order valence-corrected chi connectivity index (χ2v) is 8.50. The lowest BCUT2D eigenvalue weighted by molar-refractivity contribution is -0.142. The summed E-state index contributed by atoms with van der Waals surface area (Å²) in [4.78, 5) is 42.5. The lowest BCUT2D eigenvalue weighted by Crippen LogP contribution is -2.41. The summed E-state index contributed by atoms with van der Waals surface area (Å²) in [5.74, 6) is -0.949. The molecular weight excluding hydrogens is 489 g/mol. The molecule has 0 unspecified atom stereocenters. The molecule has 0 aliphatic carbocycles. The number of nitrogens with one attached hydrogen (secondary N) is 1. The minimum Gasteiger partial charge on any atom is -0.469 e. The van der Waals surface area contributed by atoms with Gasteiger partial charge >= 0.3 is 12.1 Å². The molecular formula is C26H27ClFN3O5. The number of esters is 1. The van der Waals surface area contributed by atoms with Crippen molar-refractivity contribution in [2.75, 3.05) is 26.1 Å². The molecule has 1 atom stereocenters. The Balaban J connectivity index is 1.60. The van der Waals surface area contributed by atoms with Crippen LogP contribution in [-0.4, -0.2) is 54.7 Å². The Morgan fingerprint density at radius 3 is 2.61 bits per heavy atom. The van der Waals surface area contributed by atoms with Gasteiger partial charge < -0.3 is 14.4 Å². The SMILES string of the molecule is COC(=O)CC[C@@H](COC(=O)Nc1cc2ccccc2cn1)N(C)C(=O)CCc1cccc(F)c1Cl. The maximum absolute atomic E-state index is 13.7. The third kappa shape index (κ3) is 7.39. The number of hydrogen-bond acceptors (Lipinski definition) is 6. The fourth-order valence-electron chi connectivity index (χ4n) is 3.60. The standard InChI is InChI=1S/C26H27ClFN3O5/c1-31(23(32)12-10-17-8-5-9-21(28)25(17)27)20(11-13-24(33)35-2)16-36-26(34)30-22-14-18-6-3-4-7-19(18)15-29-22/h3-9,14-15,20H,10-13,16H2,1-2H3,(H,29,30,34)/t20-/m0/s1. The van der Waals surface area contributed by atoms with Gasteiger partial charge in [-0.05, 0) is 35.9 Å². The number of hydrogen-bond donors (Lipinski definition) is 1. The van der Waals surface area contributed by atoms with E-state index in [2.05, 4.69) is 15.0 Å².